The number of hydrogen-bond acceptors (Lipinski definition) is 5. The summed E-state index contributed by atoms with van der Waals surface area (Å²) < 4.78 is 6.01. The van der Waals surface area contributed by atoms with E-state index in [1.54, 1.807) is 30.3 Å². The molecule has 3 aliphatic rings. The van der Waals surface area contributed by atoms with Gasteiger partial charge in [0.05, 0.1) is 24.1 Å². The van der Waals surface area contributed by atoms with Gasteiger partial charge in [-0.3, -0.25) is 14.4 Å². The number of carbonyl (C=O) groups is 3. The molecule has 1 N–H and O–H groups in total. The van der Waals surface area contributed by atoms with Crippen molar-refractivity contribution in [3.63, 3.8) is 0 Å². The molecule has 6 nitrogen and oxygen atoms in total. The van der Waals surface area contributed by atoms with E-state index < -0.39 is 23.4 Å². The van der Waals surface area contributed by atoms with E-state index in [9.17, 15) is 14.4 Å². The molecule has 4 aromatic rings. The summed E-state index contributed by atoms with van der Waals surface area (Å²) in [6.07, 6.45) is 4.64. The third-order valence-electron chi connectivity index (χ3n) is 8.79. The van der Waals surface area contributed by atoms with Crippen LogP contribution in [-0.2, 0) is 10.2 Å². The van der Waals surface area contributed by atoms with Gasteiger partial charge in [-0.25, -0.2) is 0 Å². The summed E-state index contributed by atoms with van der Waals surface area (Å²) in [6, 6.07) is 30.1. The first-order chi connectivity index (χ1) is 20.6. The number of benzene rings is 4. The van der Waals surface area contributed by atoms with E-state index >= 15 is 0 Å². The van der Waals surface area contributed by atoms with Crippen molar-refractivity contribution in [3.05, 3.63) is 137 Å². The zero-order valence-corrected chi connectivity index (χ0v) is 23.2. The lowest BCUT2D eigenvalue weighted by Gasteiger charge is -2.38. The summed E-state index contributed by atoms with van der Waals surface area (Å²) >= 11 is 0. The number of fused-ring (bicyclic) bond motifs is 6. The Labute approximate surface area is 244 Å². The molecule has 0 bridgehead atoms. The maximum Gasteiger partial charge on any atom is 0.238 e. The second-order valence-electron chi connectivity index (χ2n) is 11.0. The van der Waals surface area contributed by atoms with Gasteiger partial charge in [0.15, 0.2) is 11.6 Å². The van der Waals surface area contributed by atoms with E-state index in [0.717, 1.165) is 23.1 Å². The monoisotopic (exact) mass is 554 g/mol. The van der Waals surface area contributed by atoms with E-state index in [1.165, 1.54) is 0 Å². The van der Waals surface area contributed by atoms with Crippen molar-refractivity contribution in [1.82, 2.24) is 4.90 Å². The first-order valence-corrected chi connectivity index (χ1v) is 14.4. The smallest absolute Gasteiger partial charge is 0.238 e. The lowest BCUT2D eigenvalue weighted by Crippen LogP contribution is -2.49. The Morgan fingerprint density at radius 3 is 2.40 bits per heavy atom. The highest BCUT2D eigenvalue weighted by Gasteiger charge is 2.70. The number of amides is 1. The second-order valence-corrected chi connectivity index (χ2v) is 11.0. The third-order valence-corrected chi connectivity index (χ3v) is 8.79. The first kappa shape index (κ1) is 26.0. The summed E-state index contributed by atoms with van der Waals surface area (Å²) in [5.41, 5.74) is 2.77. The van der Waals surface area contributed by atoms with E-state index in [4.69, 9.17) is 4.74 Å². The Kier molecular flexibility index (Phi) is 6.27. The quantitative estimate of drug-likeness (QED) is 0.266. The fraction of sp³-hybridized carbons (Fsp3) is 0.194. The topological polar surface area (TPSA) is 75.7 Å². The minimum Gasteiger partial charge on any atom is -0.493 e. The van der Waals surface area contributed by atoms with Gasteiger partial charge in [-0.2, -0.15) is 0 Å². The molecule has 6 heteroatoms. The molecule has 3 heterocycles. The summed E-state index contributed by atoms with van der Waals surface area (Å²) in [6.45, 7) is 2.47. The van der Waals surface area contributed by atoms with E-state index in [2.05, 4.69) is 5.32 Å². The molecule has 4 aromatic carbocycles. The van der Waals surface area contributed by atoms with Crippen LogP contribution in [0.2, 0.25) is 0 Å². The molecule has 0 radical (unpaired) electrons. The number of hydrogen-bond donors (Lipinski definition) is 1. The number of ether oxygens (including phenoxy) is 1. The molecular formula is C36H30N2O4. The van der Waals surface area contributed by atoms with Gasteiger partial charge in [-0.1, -0.05) is 91.9 Å². The SMILES string of the molecule is CCCOc1ccccc1C(=O)[C@@H]1[C@H](C(=O)c2ccccc2)[C@]2(C(=O)Nc3ccccc32)[C@@H]2c3ccccc3C=CN12. The highest BCUT2D eigenvalue weighted by atomic mass is 16.5. The number of nitrogens with one attached hydrogen (secondary N) is 1. The molecule has 1 amide bonds. The number of para-hydroxylation sites is 2. The van der Waals surface area contributed by atoms with Crippen LogP contribution in [0.4, 0.5) is 5.69 Å². The van der Waals surface area contributed by atoms with E-state index in [0.29, 0.717) is 29.2 Å². The van der Waals surface area contributed by atoms with Crippen LogP contribution in [0.1, 0.15) is 56.8 Å². The van der Waals surface area contributed by atoms with Crippen LogP contribution in [-0.4, -0.2) is 35.0 Å². The van der Waals surface area contributed by atoms with Crippen molar-refractivity contribution in [2.24, 2.45) is 5.92 Å². The maximum atomic E-state index is 14.9. The molecule has 0 saturated carbocycles. The highest BCUT2D eigenvalue weighted by molar-refractivity contribution is 6.17. The largest absolute Gasteiger partial charge is 0.493 e. The Hall–Kier alpha value is -4.97. The zero-order valence-electron chi connectivity index (χ0n) is 23.2. The van der Waals surface area contributed by atoms with E-state index in [-0.39, 0.29) is 17.5 Å². The van der Waals surface area contributed by atoms with E-state index in [1.807, 2.05) is 96.9 Å². The summed E-state index contributed by atoms with van der Waals surface area (Å²) in [4.78, 5) is 46.2. The van der Waals surface area contributed by atoms with Crippen molar-refractivity contribution < 1.29 is 19.1 Å². The van der Waals surface area contributed by atoms with Crippen LogP contribution >= 0.6 is 0 Å². The standard InChI is InChI=1S/C36H30N2O4/c1-2-22-42-29-19-11-8-16-26(29)33(40)31-30(32(39)24-13-4-3-5-14-24)36(27-17-9-10-18-28(27)37-35(36)41)34-25-15-7-6-12-23(25)20-21-38(31)34/h3-21,30-31,34H,2,22H2,1H3,(H,37,41)/t30-,31+,34+,36+/m1/s1. The third kappa shape index (κ3) is 3.68. The Balaban J connectivity index is 1.52. The van der Waals surface area contributed by atoms with Gasteiger partial charge in [-0.05, 0) is 47.4 Å². The predicted molar refractivity (Wildman–Crippen MR) is 161 cm³/mol. The second kappa shape index (κ2) is 10.1. The lowest BCUT2D eigenvalue weighted by atomic mass is 9.62. The molecule has 0 unspecified atom stereocenters. The highest BCUT2D eigenvalue weighted by Crippen LogP contribution is 2.62. The fourth-order valence-electron chi connectivity index (χ4n) is 7.12. The van der Waals surface area contributed by atoms with Gasteiger partial charge in [-0.15, -0.1) is 0 Å². The average molecular weight is 555 g/mol. The van der Waals surface area contributed by atoms with Crippen LogP contribution < -0.4 is 10.1 Å². The van der Waals surface area contributed by atoms with Gasteiger partial charge >= 0.3 is 0 Å². The van der Waals surface area contributed by atoms with Crippen LogP contribution in [0, 0.1) is 5.92 Å². The van der Waals surface area contributed by atoms with Gasteiger partial charge in [0.25, 0.3) is 0 Å². The molecule has 208 valence electrons. The molecule has 1 saturated heterocycles. The number of Topliss-reactive ketones (excluding diaryl/α,β-unsaturated/α-hetero) is 2. The van der Waals surface area contributed by atoms with Crippen molar-refractivity contribution in [1.29, 1.82) is 0 Å². The number of rotatable bonds is 7. The molecule has 3 aliphatic heterocycles. The summed E-state index contributed by atoms with van der Waals surface area (Å²) in [5, 5.41) is 3.09. The molecule has 0 aromatic heterocycles. The summed E-state index contributed by atoms with van der Waals surface area (Å²) in [5.74, 6) is -1.31. The van der Waals surface area contributed by atoms with Gasteiger partial charge in [0, 0.05) is 17.5 Å². The van der Waals surface area contributed by atoms with Gasteiger partial charge < -0.3 is 15.0 Å². The Morgan fingerprint density at radius 2 is 1.57 bits per heavy atom. The number of carbonyl (C=O) groups excluding carboxylic acids is 3. The van der Waals surface area contributed by atoms with Gasteiger partial charge in [0.2, 0.25) is 5.91 Å². The molecule has 1 fully saturated rings. The lowest BCUT2D eigenvalue weighted by molar-refractivity contribution is -0.122. The van der Waals surface area contributed by atoms with Crippen LogP contribution in [0.15, 0.2) is 109 Å². The summed E-state index contributed by atoms with van der Waals surface area (Å²) in [7, 11) is 0. The zero-order chi connectivity index (χ0) is 28.8. The van der Waals surface area contributed by atoms with Crippen LogP contribution in [0.3, 0.4) is 0 Å². The minimum atomic E-state index is -1.36. The first-order valence-electron chi connectivity index (χ1n) is 14.4. The van der Waals surface area contributed by atoms with Gasteiger partial charge in [0.1, 0.15) is 17.2 Å². The number of anilines is 1. The van der Waals surface area contributed by atoms with Crippen molar-refractivity contribution in [2.45, 2.75) is 30.8 Å². The van der Waals surface area contributed by atoms with Crippen molar-refractivity contribution in [3.8, 4) is 5.75 Å². The number of nitrogens with zero attached hydrogens (tertiary/aromatic N) is 1. The van der Waals surface area contributed by atoms with Crippen LogP contribution in [0.25, 0.3) is 6.08 Å². The van der Waals surface area contributed by atoms with Crippen molar-refractivity contribution in [2.75, 3.05) is 11.9 Å². The molecule has 0 aliphatic carbocycles. The number of ketones is 2. The Morgan fingerprint density at radius 1 is 0.857 bits per heavy atom. The minimum absolute atomic E-state index is 0.243. The predicted octanol–water partition coefficient (Wildman–Crippen LogP) is 6.46. The molecule has 4 atom stereocenters. The Bertz CT molecular complexity index is 1750. The fourth-order valence-corrected chi connectivity index (χ4v) is 7.12. The average Bonchev–Trinajstić information content (AvgIpc) is 3.52. The maximum absolute atomic E-state index is 14.9. The normalized spacial score (nSPS) is 23.2. The van der Waals surface area contributed by atoms with Crippen LogP contribution in [0.5, 0.6) is 5.75 Å². The molecule has 42 heavy (non-hydrogen) atoms. The molecule has 7 rings (SSSR count). The van der Waals surface area contributed by atoms with Crippen molar-refractivity contribution >= 4 is 29.2 Å². The molecule has 1 spiro atoms. The molecular weight excluding hydrogens is 524 g/mol.